The third-order valence-electron chi connectivity index (χ3n) is 4.20. The maximum atomic E-state index is 12.8. The molecule has 0 N–H and O–H groups in total. The molecule has 126 valence electrons. The van der Waals surface area contributed by atoms with E-state index in [1.807, 2.05) is 49.4 Å². The van der Waals surface area contributed by atoms with E-state index in [4.69, 9.17) is 9.47 Å². The van der Waals surface area contributed by atoms with Crippen molar-refractivity contribution in [1.29, 1.82) is 0 Å². The zero-order chi connectivity index (χ0) is 17.6. The maximum absolute atomic E-state index is 12.8. The second kappa shape index (κ2) is 5.89. The Kier molecular flexibility index (Phi) is 3.69. The van der Waals surface area contributed by atoms with Crippen molar-refractivity contribution in [2.45, 2.75) is 6.92 Å². The number of aryl methyl sites for hydroxylation is 1. The van der Waals surface area contributed by atoms with Crippen LogP contribution in [0.15, 0.2) is 41.2 Å². The van der Waals surface area contributed by atoms with Gasteiger partial charge in [0.2, 0.25) is 0 Å². The summed E-state index contributed by atoms with van der Waals surface area (Å²) < 4.78 is 13.0. The van der Waals surface area contributed by atoms with Gasteiger partial charge >= 0.3 is 0 Å². The second-order valence-electron chi connectivity index (χ2n) is 5.70. The van der Waals surface area contributed by atoms with E-state index in [0.29, 0.717) is 21.0 Å². The predicted octanol–water partition coefficient (Wildman–Crippen LogP) is 2.78. The Morgan fingerprint density at radius 2 is 1.84 bits per heavy atom. The van der Waals surface area contributed by atoms with Crippen molar-refractivity contribution < 1.29 is 9.47 Å². The van der Waals surface area contributed by atoms with E-state index < -0.39 is 0 Å². The molecule has 0 spiro atoms. The highest BCUT2D eigenvalue weighted by Crippen LogP contribution is 2.30. The Hall–Kier alpha value is -2.86. The zero-order valence-electron chi connectivity index (χ0n) is 14.1. The lowest BCUT2D eigenvalue weighted by molar-refractivity contribution is 0.354. The molecule has 0 saturated heterocycles. The van der Waals surface area contributed by atoms with Crippen LogP contribution in [0.2, 0.25) is 0 Å². The molecule has 0 saturated carbocycles. The summed E-state index contributed by atoms with van der Waals surface area (Å²) in [5, 5.41) is 0. The molecule has 0 bridgehead atoms. The summed E-state index contributed by atoms with van der Waals surface area (Å²) in [6.45, 7) is 1.98. The Labute approximate surface area is 147 Å². The van der Waals surface area contributed by atoms with Gasteiger partial charge in [-0.2, -0.15) is 0 Å². The van der Waals surface area contributed by atoms with Gasteiger partial charge in [-0.3, -0.25) is 4.79 Å². The van der Waals surface area contributed by atoms with Crippen molar-refractivity contribution in [2.24, 2.45) is 0 Å². The third kappa shape index (κ3) is 2.46. The summed E-state index contributed by atoms with van der Waals surface area (Å²) >= 11 is 1.39. The number of benzene rings is 2. The summed E-state index contributed by atoms with van der Waals surface area (Å²) in [4.78, 5) is 18.1. The van der Waals surface area contributed by atoms with Crippen LogP contribution in [0.25, 0.3) is 22.1 Å². The van der Waals surface area contributed by atoms with E-state index in [2.05, 4.69) is 4.98 Å². The average Bonchev–Trinajstić information content (AvgIpc) is 3.13. The van der Waals surface area contributed by atoms with Gasteiger partial charge in [-0.1, -0.05) is 23.5 Å². The molecule has 2 aromatic carbocycles. The van der Waals surface area contributed by atoms with Crippen LogP contribution in [0.1, 0.15) is 11.1 Å². The number of hydrogen-bond acceptors (Lipinski definition) is 5. The minimum Gasteiger partial charge on any atom is -0.493 e. The smallest absolute Gasteiger partial charge is 0.274 e. The SMILES string of the molecule is COc1cc(C)c(/C=c2\sc3nc4ccccc4n3c2=O)cc1OC. The zero-order valence-corrected chi connectivity index (χ0v) is 14.9. The first-order valence-corrected chi connectivity index (χ1v) is 8.58. The van der Waals surface area contributed by atoms with E-state index in [0.717, 1.165) is 22.2 Å². The fraction of sp³-hybridized carbons (Fsp3) is 0.158. The van der Waals surface area contributed by atoms with Crippen molar-refractivity contribution in [3.05, 3.63) is 62.4 Å². The lowest BCUT2D eigenvalue weighted by Gasteiger charge is -2.10. The molecule has 0 fully saturated rings. The number of methoxy groups -OCH3 is 2. The molecule has 2 aromatic heterocycles. The molecule has 4 aromatic rings. The molecule has 2 heterocycles. The number of para-hydroxylation sites is 2. The highest BCUT2D eigenvalue weighted by molar-refractivity contribution is 7.15. The Bertz CT molecular complexity index is 1210. The van der Waals surface area contributed by atoms with Gasteiger partial charge in [0.05, 0.1) is 29.8 Å². The van der Waals surface area contributed by atoms with Gasteiger partial charge < -0.3 is 9.47 Å². The van der Waals surface area contributed by atoms with Gasteiger partial charge in [-0.25, -0.2) is 9.38 Å². The van der Waals surface area contributed by atoms with Gasteiger partial charge in [0.15, 0.2) is 16.5 Å². The normalized spacial score (nSPS) is 12.2. The number of hydrogen-bond donors (Lipinski definition) is 0. The first kappa shape index (κ1) is 15.7. The van der Waals surface area contributed by atoms with Crippen LogP contribution >= 0.6 is 11.3 Å². The van der Waals surface area contributed by atoms with Gasteiger partial charge in [0, 0.05) is 0 Å². The highest BCUT2D eigenvalue weighted by atomic mass is 32.1. The molecule has 0 amide bonds. The van der Waals surface area contributed by atoms with Crippen LogP contribution in [-0.4, -0.2) is 23.6 Å². The molecular weight excluding hydrogens is 336 g/mol. The summed E-state index contributed by atoms with van der Waals surface area (Å²) in [5.74, 6) is 1.31. The van der Waals surface area contributed by atoms with Crippen LogP contribution in [0.5, 0.6) is 11.5 Å². The summed E-state index contributed by atoms with van der Waals surface area (Å²) in [6, 6.07) is 11.4. The van der Waals surface area contributed by atoms with Gasteiger partial charge in [0.25, 0.3) is 5.56 Å². The fourth-order valence-corrected chi connectivity index (χ4v) is 3.88. The lowest BCUT2D eigenvalue weighted by Crippen LogP contribution is -2.22. The summed E-state index contributed by atoms with van der Waals surface area (Å²) in [7, 11) is 3.21. The molecule has 25 heavy (non-hydrogen) atoms. The standard InChI is InChI=1S/C19H16N2O3S/c1-11-8-15(23-2)16(24-3)9-12(11)10-17-18(22)21-14-7-5-4-6-13(14)20-19(21)25-17/h4-10H,1-3H3/b17-10-. The Morgan fingerprint density at radius 3 is 2.60 bits per heavy atom. The van der Waals surface area contributed by atoms with Gasteiger partial charge in [-0.05, 0) is 48.4 Å². The van der Waals surface area contributed by atoms with Gasteiger partial charge in [0.1, 0.15) is 0 Å². The fourth-order valence-electron chi connectivity index (χ4n) is 2.91. The van der Waals surface area contributed by atoms with E-state index in [1.165, 1.54) is 11.3 Å². The molecule has 0 aliphatic heterocycles. The number of thiazole rings is 1. The summed E-state index contributed by atoms with van der Waals surface area (Å²) in [5.41, 5.74) is 3.54. The Balaban J connectivity index is 1.96. The molecule has 6 heteroatoms. The average molecular weight is 352 g/mol. The van der Waals surface area contributed by atoms with Crippen LogP contribution in [-0.2, 0) is 0 Å². The Morgan fingerprint density at radius 1 is 1.12 bits per heavy atom. The van der Waals surface area contributed by atoms with Crippen molar-refractivity contribution >= 4 is 33.4 Å². The molecule has 0 radical (unpaired) electrons. The van der Waals surface area contributed by atoms with E-state index in [9.17, 15) is 4.79 Å². The van der Waals surface area contributed by atoms with Crippen LogP contribution < -0.4 is 19.6 Å². The summed E-state index contributed by atoms with van der Waals surface area (Å²) in [6.07, 6.45) is 1.88. The largest absolute Gasteiger partial charge is 0.493 e. The van der Waals surface area contributed by atoms with Crippen LogP contribution in [0.4, 0.5) is 0 Å². The number of aromatic nitrogens is 2. The predicted molar refractivity (Wildman–Crippen MR) is 99.9 cm³/mol. The van der Waals surface area contributed by atoms with Crippen LogP contribution in [0.3, 0.4) is 0 Å². The van der Waals surface area contributed by atoms with Crippen molar-refractivity contribution in [3.63, 3.8) is 0 Å². The van der Waals surface area contributed by atoms with Crippen molar-refractivity contribution in [1.82, 2.24) is 9.38 Å². The number of nitrogens with zero attached hydrogens (tertiary/aromatic N) is 2. The van der Waals surface area contributed by atoms with Crippen molar-refractivity contribution in [3.8, 4) is 11.5 Å². The lowest BCUT2D eigenvalue weighted by atomic mass is 10.1. The van der Waals surface area contributed by atoms with E-state index in [1.54, 1.807) is 18.6 Å². The molecular formula is C19H16N2O3S. The van der Waals surface area contributed by atoms with Gasteiger partial charge in [-0.15, -0.1) is 0 Å². The van der Waals surface area contributed by atoms with E-state index >= 15 is 0 Å². The second-order valence-corrected chi connectivity index (χ2v) is 6.71. The van der Waals surface area contributed by atoms with Crippen LogP contribution in [0, 0.1) is 6.92 Å². The molecule has 5 nitrogen and oxygen atoms in total. The molecule has 0 atom stereocenters. The number of ether oxygens (including phenoxy) is 2. The first-order valence-electron chi connectivity index (χ1n) is 7.76. The quantitative estimate of drug-likeness (QED) is 0.569. The number of imidazole rings is 1. The first-order chi connectivity index (χ1) is 12.1. The number of fused-ring (bicyclic) bond motifs is 3. The molecule has 0 aliphatic carbocycles. The van der Waals surface area contributed by atoms with Crippen molar-refractivity contribution in [2.75, 3.05) is 14.2 Å². The topological polar surface area (TPSA) is 52.8 Å². The highest BCUT2D eigenvalue weighted by Gasteiger charge is 2.12. The third-order valence-corrected chi connectivity index (χ3v) is 5.17. The minimum absolute atomic E-state index is 0.0529. The maximum Gasteiger partial charge on any atom is 0.274 e. The van der Waals surface area contributed by atoms with E-state index in [-0.39, 0.29) is 5.56 Å². The molecule has 4 rings (SSSR count). The molecule has 0 aliphatic rings. The monoisotopic (exact) mass is 352 g/mol. The minimum atomic E-state index is -0.0529. The molecule has 0 unspecified atom stereocenters. The number of rotatable bonds is 3.